The van der Waals surface area contributed by atoms with Gasteiger partial charge >= 0.3 is 0 Å². The molecule has 0 amide bonds. The Hall–Kier alpha value is -0.570. The summed E-state index contributed by atoms with van der Waals surface area (Å²) >= 11 is 6.11. The molecule has 1 aromatic carbocycles. The predicted molar refractivity (Wildman–Crippen MR) is 75.5 cm³/mol. The quantitative estimate of drug-likeness (QED) is 0.840. The van der Waals surface area contributed by atoms with Gasteiger partial charge in [0.05, 0.1) is 0 Å². The van der Waals surface area contributed by atoms with Gasteiger partial charge in [-0.2, -0.15) is 0 Å². The number of benzene rings is 1. The van der Waals surface area contributed by atoms with Gasteiger partial charge < -0.3 is 10.2 Å². The Bertz CT molecular complexity index is 329. The molecule has 3 heteroatoms. The number of nitrogens with zero attached hydrogens (tertiary/aromatic N) is 1. The Balaban J connectivity index is 2.44. The van der Waals surface area contributed by atoms with E-state index in [-0.39, 0.29) is 0 Å². The molecule has 0 aliphatic carbocycles. The molecule has 1 unspecified atom stereocenters. The Morgan fingerprint density at radius 3 is 2.41 bits per heavy atom. The lowest BCUT2D eigenvalue weighted by Crippen LogP contribution is -2.41. The number of hydrogen-bond donors (Lipinski definition) is 1. The fourth-order valence-electron chi connectivity index (χ4n) is 2.01. The molecule has 0 heterocycles. The zero-order valence-electron chi connectivity index (χ0n) is 11.2. The van der Waals surface area contributed by atoms with E-state index in [1.165, 1.54) is 0 Å². The summed E-state index contributed by atoms with van der Waals surface area (Å²) in [5, 5.41) is 4.32. The van der Waals surface area contributed by atoms with Crippen molar-refractivity contribution in [1.29, 1.82) is 0 Å². The molecule has 1 atom stereocenters. The SMILES string of the molecule is CC(C)C(CNCc1ccccc1Cl)N(C)C. The van der Waals surface area contributed by atoms with E-state index in [2.05, 4.69) is 44.2 Å². The van der Waals surface area contributed by atoms with Crippen molar-refractivity contribution < 1.29 is 0 Å². The van der Waals surface area contributed by atoms with Crippen LogP contribution in [0, 0.1) is 5.92 Å². The van der Waals surface area contributed by atoms with Gasteiger partial charge in [0.2, 0.25) is 0 Å². The van der Waals surface area contributed by atoms with Crippen LogP contribution in [0.15, 0.2) is 24.3 Å². The van der Waals surface area contributed by atoms with Crippen LogP contribution in [0.4, 0.5) is 0 Å². The van der Waals surface area contributed by atoms with Gasteiger partial charge in [0.25, 0.3) is 0 Å². The Labute approximate surface area is 110 Å². The van der Waals surface area contributed by atoms with Gasteiger partial charge in [-0.25, -0.2) is 0 Å². The third-order valence-corrected chi connectivity index (χ3v) is 3.43. The zero-order valence-corrected chi connectivity index (χ0v) is 12.0. The summed E-state index contributed by atoms with van der Waals surface area (Å²) < 4.78 is 0. The van der Waals surface area contributed by atoms with Crippen molar-refractivity contribution in [2.24, 2.45) is 5.92 Å². The molecule has 0 bridgehead atoms. The summed E-state index contributed by atoms with van der Waals surface area (Å²) in [5.41, 5.74) is 1.16. The highest BCUT2D eigenvalue weighted by Crippen LogP contribution is 2.14. The minimum Gasteiger partial charge on any atom is -0.311 e. The van der Waals surface area contributed by atoms with E-state index < -0.39 is 0 Å². The molecule has 0 saturated carbocycles. The molecule has 0 aliphatic rings. The van der Waals surface area contributed by atoms with Gasteiger partial charge in [0.1, 0.15) is 0 Å². The van der Waals surface area contributed by atoms with Gasteiger partial charge in [-0.15, -0.1) is 0 Å². The lowest BCUT2D eigenvalue weighted by molar-refractivity contribution is 0.224. The molecule has 0 aromatic heterocycles. The van der Waals surface area contributed by atoms with Gasteiger partial charge in [0.15, 0.2) is 0 Å². The Kier molecular flexibility index (Phi) is 5.96. The third kappa shape index (κ3) is 4.66. The maximum absolute atomic E-state index is 6.11. The first-order valence-corrected chi connectivity index (χ1v) is 6.50. The number of halogens is 1. The van der Waals surface area contributed by atoms with Crippen LogP contribution in [0.2, 0.25) is 5.02 Å². The van der Waals surface area contributed by atoms with Crippen molar-refractivity contribution in [1.82, 2.24) is 10.2 Å². The molecule has 2 nitrogen and oxygen atoms in total. The maximum atomic E-state index is 6.11. The van der Waals surface area contributed by atoms with Crippen molar-refractivity contribution in [3.8, 4) is 0 Å². The number of hydrogen-bond acceptors (Lipinski definition) is 2. The first-order valence-electron chi connectivity index (χ1n) is 6.13. The van der Waals surface area contributed by atoms with Crippen molar-refractivity contribution >= 4 is 11.6 Å². The number of likely N-dealkylation sites (N-methyl/N-ethyl adjacent to an activating group) is 1. The van der Waals surface area contributed by atoms with Gasteiger partial charge in [0, 0.05) is 24.2 Å². The highest BCUT2D eigenvalue weighted by atomic mass is 35.5. The van der Waals surface area contributed by atoms with E-state index in [0.717, 1.165) is 23.7 Å². The average Bonchev–Trinajstić information content (AvgIpc) is 2.25. The van der Waals surface area contributed by atoms with Gasteiger partial charge in [-0.1, -0.05) is 43.6 Å². The van der Waals surface area contributed by atoms with Crippen LogP contribution in [-0.2, 0) is 6.54 Å². The normalized spacial score (nSPS) is 13.4. The molecule has 0 aliphatic heterocycles. The maximum Gasteiger partial charge on any atom is 0.0450 e. The molecule has 0 radical (unpaired) electrons. The van der Waals surface area contributed by atoms with Crippen LogP contribution < -0.4 is 5.32 Å². The summed E-state index contributed by atoms with van der Waals surface area (Å²) in [5.74, 6) is 0.642. The molecule has 17 heavy (non-hydrogen) atoms. The molecule has 1 aromatic rings. The molecular formula is C14H23ClN2. The fourth-order valence-corrected chi connectivity index (χ4v) is 2.21. The van der Waals surface area contributed by atoms with Crippen LogP contribution in [0.25, 0.3) is 0 Å². The van der Waals surface area contributed by atoms with Crippen LogP contribution in [0.5, 0.6) is 0 Å². The topological polar surface area (TPSA) is 15.3 Å². The standard InChI is InChI=1S/C14H23ClN2/c1-11(2)14(17(3)4)10-16-9-12-7-5-6-8-13(12)15/h5-8,11,14,16H,9-10H2,1-4H3. The highest BCUT2D eigenvalue weighted by Gasteiger charge is 2.14. The predicted octanol–water partition coefficient (Wildman–Crippen LogP) is 3.02. The van der Waals surface area contributed by atoms with Gasteiger partial charge in [-0.3, -0.25) is 0 Å². The van der Waals surface area contributed by atoms with Crippen molar-refractivity contribution in [3.63, 3.8) is 0 Å². The monoisotopic (exact) mass is 254 g/mol. The Morgan fingerprint density at radius 1 is 1.24 bits per heavy atom. The molecular weight excluding hydrogens is 232 g/mol. The first-order chi connectivity index (χ1) is 8.02. The fraction of sp³-hybridized carbons (Fsp3) is 0.571. The third-order valence-electron chi connectivity index (χ3n) is 3.06. The molecule has 1 rings (SSSR count). The minimum absolute atomic E-state index is 0.553. The first kappa shape index (κ1) is 14.5. The lowest BCUT2D eigenvalue weighted by Gasteiger charge is -2.28. The van der Waals surface area contributed by atoms with E-state index in [9.17, 15) is 0 Å². The largest absolute Gasteiger partial charge is 0.311 e. The molecule has 0 saturated heterocycles. The average molecular weight is 255 g/mol. The number of nitrogens with one attached hydrogen (secondary N) is 1. The second kappa shape index (κ2) is 7.00. The van der Waals surface area contributed by atoms with Gasteiger partial charge in [-0.05, 0) is 31.6 Å². The zero-order chi connectivity index (χ0) is 12.8. The summed E-state index contributed by atoms with van der Waals surface area (Å²) in [6, 6.07) is 8.54. The van der Waals surface area contributed by atoms with E-state index in [0.29, 0.717) is 12.0 Å². The summed E-state index contributed by atoms with van der Waals surface area (Å²) in [6.07, 6.45) is 0. The summed E-state index contributed by atoms with van der Waals surface area (Å²) in [6.45, 7) is 6.32. The van der Waals surface area contributed by atoms with Crippen molar-refractivity contribution in [3.05, 3.63) is 34.9 Å². The number of rotatable bonds is 6. The molecule has 1 N–H and O–H groups in total. The highest BCUT2D eigenvalue weighted by molar-refractivity contribution is 6.31. The van der Waals surface area contributed by atoms with Crippen molar-refractivity contribution in [2.45, 2.75) is 26.4 Å². The van der Waals surface area contributed by atoms with Crippen LogP contribution in [0.3, 0.4) is 0 Å². The summed E-state index contributed by atoms with van der Waals surface area (Å²) in [7, 11) is 4.25. The molecule has 96 valence electrons. The van der Waals surface area contributed by atoms with E-state index in [1.54, 1.807) is 0 Å². The smallest absolute Gasteiger partial charge is 0.0450 e. The second-order valence-electron chi connectivity index (χ2n) is 5.00. The van der Waals surface area contributed by atoms with Crippen LogP contribution in [0.1, 0.15) is 19.4 Å². The van der Waals surface area contributed by atoms with Crippen LogP contribution in [-0.4, -0.2) is 31.6 Å². The minimum atomic E-state index is 0.553. The van der Waals surface area contributed by atoms with E-state index in [4.69, 9.17) is 11.6 Å². The van der Waals surface area contributed by atoms with E-state index >= 15 is 0 Å². The molecule has 0 spiro atoms. The van der Waals surface area contributed by atoms with E-state index in [1.807, 2.05) is 18.2 Å². The lowest BCUT2D eigenvalue weighted by atomic mass is 10.0. The van der Waals surface area contributed by atoms with Crippen LogP contribution >= 0.6 is 11.6 Å². The Morgan fingerprint density at radius 2 is 1.88 bits per heavy atom. The second-order valence-corrected chi connectivity index (χ2v) is 5.40. The molecule has 0 fully saturated rings. The van der Waals surface area contributed by atoms with Crippen molar-refractivity contribution in [2.75, 3.05) is 20.6 Å². The summed E-state index contributed by atoms with van der Waals surface area (Å²) in [4.78, 5) is 2.27.